The number of thioether (sulfide) groups is 1. The van der Waals surface area contributed by atoms with Gasteiger partial charge in [0.2, 0.25) is 18.6 Å². The van der Waals surface area contributed by atoms with Gasteiger partial charge in [0.25, 0.3) is 0 Å². The van der Waals surface area contributed by atoms with E-state index < -0.39 is 0 Å². The molecule has 0 atom stereocenters. The fourth-order valence-corrected chi connectivity index (χ4v) is 4.42. The monoisotopic (exact) mass is 405 g/mol. The van der Waals surface area contributed by atoms with Crippen molar-refractivity contribution in [3.8, 4) is 22.8 Å². The first-order valence-corrected chi connectivity index (χ1v) is 10.7. The molecule has 2 amide bonds. The maximum absolute atomic E-state index is 12.1. The van der Waals surface area contributed by atoms with Crippen LogP contribution in [0.3, 0.4) is 0 Å². The zero-order valence-corrected chi connectivity index (χ0v) is 16.2. The van der Waals surface area contributed by atoms with Crippen LogP contribution >= 0.6 is 23.1 Å². The van der Waals surface area contributed by atoms with Crippen molar-refractivity contribution in [1.82, 2.24) is 9.88 Å². The zero-order chi connectivity index (χ0) is 18.6. The lowest BCUT2D eigenvalue weighted by Crippen LogP contribution is -2.29. The standard InChI is InChI=1S/C18H19N3O4S2/c22-16(9-26-10-17(23)21-5-1-2-6-21)20-18-19-13(8-27-18)12-3-4-14-15(7-12)25-11-24-14/h3-4,7-8H,1-2,5-6,9-11H2,(H,19,20,22). The number of amides is 2. The Morgan fingerprint density at radius 3 is 2.85 bits per heavy atom. The van der Waals surface area contributed by atoms with Gasteiger partial charge in [-0.25, -0.2) is 4.98 Å². The highest BCUT2D eigenvalue weighted by atomic mass is 32.2. The highest BCUT2D eigenvalue weighted by molar-refractivity contribution is 8.00. The molecule has 0 saturated carbocycles. The minimum atomic E-state index is -0.152. The number of likely N-dealkylation sites (tertiary alicyclic amines) is 1. The molecule has 4 rings (SSSR count). The van der Waals surface area contributed by atoms with E-state index in [0.29, 0.717) is 16.6 Å². The molecule has 9 heteroatoms. The fraction of sp³-hybridized carbons (Fsp3) is 0.389. The van der Waals surface area contributed by atoms with Gasteiger partial charge in [-0.1, -0.05) is 0 Å². The molecule has 0 spiro atoms. The van der Waals surface area contributed by atoms with E-state index >= 15 is 0 Å². The maximum Gasteiger partial charge on any atom is 0.236 e. The molecule has 0 unspecified atom stereocenters. The van der Waals surface area contributed by atoms with Gasteiger partial charge in [-0.05, 0) is 31.0 Å². The van der Waals surface area contributed by atoms with Crippen LogP contribution in [-0.2, 0) is 9.59 Å². The van der Waals surface area contributed by atoms with E-state index in [-0.39, 0.29) is 24.4 Å². The van der Waals surface area contributed by atoms with Crippen molar-refractivity contribution < 1.29 is 19.1 Å². The molecule has 0 radical (unpaired) electrons. The molecule has 27 heavy (non-hydrogen) atoms. The van der Waals surface area contributed by atoms with Crippen LogP contribution in [0.15, 0.2) is 23.6 Å². The van der Waals surface area contributed by atoms with E-state index in [1.165, 1.54) is 23.1 Å². The van der Waals surface area contributed by atoms with Gasteiger partial charge in [-0.3, -0.25) is 9.59 Å². The molecule has 0 bridgehead atoms. The number of anilines is 1. The molecule has 1 fully saturated rings. The van der Waals surface area contributed by atoms with Crippen LogP contribution in [0.5, 0.6) is 11.5 Å². The van der Waals surface area contributed by atoms with Gasteiger partial charge in [-0.15, -0.1) is 23.1 Å². The lowest BCUT2D eigenvalue weighted by molar-refractivity contribution is -0.127. The predicted octanol–water partition coefficient (Wildman–Crippen LogP) is 2.83. The molecule has 1 aromatic heterocycles. The van der Waals surface area contributed by atoms with Crippen LogP contribution in [0, 0.1) is 0 Å². The van der Waals surface area contributed by atoms with Crippen LogP contribution in [-0.4, -0.2) is 53.1 Å². The summed E-state index contributed by atoms with van der Waals surface area (Å²) in [5.74, 6) is 1.96. The molecule has 2 aliphatic rings. The Morgan fingerprint density at radius 2 is 2.00 bits per heavy atom. The van der Waals surface area contributed by atoms with Gasteiger partial charge in [0.15, 0.2) is 16.6 Å². The Morgan fingerprint density at radius 1 is 1.19 bits per heavy atom. The Labute approximate surface area is 165 Å². The first kappa shape index (κ1) is 18.1. The second-order valence-electron chi connectivity index (χ2n) is 6.23. The quantitative estimate of drug-likeness (QED) is 0.796. The SMILES string of the molecule is O=C(CSCC(=O)N1CCCC1)Nc1nc(-c2ccc3c(c2)OCO3)cs1. The molecular formula is C18H19N3O4S2. The Hall–Kier alpha value is -2.26. The van der Waals surface area contributed by atoms with Crippen molar-refractivity contribution >= 4 is 40.0 Å². The van der Waals surface area contributed by atoms with Gasteiger partial charge < -0.3 is 19.7 Å². The predicted molar refractivity (Wildman–Crippen MR) is 105 cm³/mol. The van der Waals surface area contributed by atoms with Gasteiger partial charge in [0.05, 0.1) is 17.2 Å². The number of ether oxygens (including phenoxy) is 2. The lowest BCUT2D eigenvalue weighted by Gasteiger charge is -2.14. The van der Waals surface area contributed by atoms with Crippen molar-refractivity contribution in [2.75, 3.05) is 36.7 Å². The van der Waals surface area contributed by atoms with E-state index in [2.05, 4.69) is 10.3 Å². The molecular weight excluding hydrogens is 386 g/mol. The van der Waals surface area contributed by atoms with E-state index in [4.69, 9.17) is 9.47 Å². The highest BCUT2D eigenvalue weighted by Crippen LogP contribution is 2.36. The van der Waals surface area contributed by atoms with Crippen LogP contribution in [0.2, 0.25) is 0 Å². The number of benzene rings is 1. The summed E-state index contributed by atoms with van der Waals surface area (Å²) in [7, 11) is 0. The lowest BCUT2D eigenvalue weighted by atomic mass is 10.1. The highest BCUT2D eigenvalue weighted by Gasteiger charge is 2.18. The third-order valence-electron chi connectivity index (χ3n) is 4.34. The van der Waals surface area contributed by atoms with E-state index in [0.717, 1.165) is 42.9 Å². The molecule has 1 N–H and O–H groups in total. The number of carbonyl (C=O) groups is 2. The van der Waals surface area contributed by atoms with Gasteiger partial charge in [0, 0.05) is 24.0 Å². The van der Waals surface area contributed by atoms with E-state index in [1.54, 1.807) is 0 Å². The summed E-state index contributed by atoms with van der Waals surface area (Å²) in [4.78, 5) is 30.4. The average Bonchev–Trinajstić information content (AvgIpc) is 3.42. The summed E-state index contributed by atoms with van der Waals surface area (Å²) in [5.41, 5.74) is 1.67. The number of nitrogens with zero attached hydrogens (tertiary/aromatic N) is 2. The summed E-state index contributed by atoms with van der Waals surface area (Å²) in [5, 5.41) is 5.22. The smallest absolute Gasteiger partial charge is 0.236 e. The molecule has 2 aromatic rings. The largest absolute Gasteiger partial charge is 0.454 e. The number of hydrogen-bond acceptors (Lipinski definition) is 7. The normalized spacial score (nSPS) is 15.2. The second-order valence-corrected chi connectivity index (χ2v) is 8.08. The Balaban J connectivity index is 1.27. The molecule has 0 aliphatic carbocycles. The third-order valence-corrected chi connectivity index (χ3v) is 6.01. The Bertz CT molecular complexity index is 849. The number of rotatable bonds is 6. The number of nitrogens with one attached hydrogen (secondary N) is 1. The minimum Gasteiger partial charge on any atom is -0.454 e. The van der Waals surface area contributed by atoms with Crippen molar-refractivity contribution in [1.29, 1.82) is 0 Å². The van der Waals surface area contributed by atoms with Gasteiger partial charge in [0.1, 0.15) is 0 Å². The summed E-state index contributed by atoms with van der Waals surface area (Å²) >= 11 is 2.70. The van der Waals surface area contributed by atoms with Crippen LogP contribution in [0.1, 0.15) is 12.8 Å². The van der Waals surface area contributed by atoms with E-state index in [9.17, 15) is 9.59 Å². The van der Waals surface area contributed by atoms with Crippen molar-refractivity contribution in [2.24, 2.45) is 0 Å². The number of fused-ring (bicyclic) bond motifs is 1. The van der Waals surface area contributed by atoms with E-state index in [1.807, 2.05) is 28.5 Å². The Kier molecular flexibility index (Phi) is 5.49. The first-order valence-electron chi connectivity index (χ1n) is 8.70. The van der Waals surface area contributed by atoms with Crippen LogP contribution in [0.4, 0.5) is 5.13 Å². The molecule has 7 nitrogen and oxygen atoms in total. The number of carbonyl (C=O) groups excluding carboxylic acids is 2. The molecule has 3 heterocycles. The molecule has 2 aliphatic heterocycles. The minimum absolute atomic E-state index is 0.115. The number of hydrogen-bond donors (Lipinski definition) is 1. The van der Waals surface area contributed by atoms with Crippen molar-refractivity contribution in [3.63, 3.8) is 0 Å². The fourth-order valence-electron chi connectivity index (χ4n) is 2.96. The zero-order valence-electron chi connectivity index (χ0n) is 14.6. The molecule has 1 saturated heterocycles. The summed E-state index contributed by atoms with van der Waals surface area (Å²) in [6, 6.07) is 5.64. The first-order chi connectivity index (χ1) is 13.2. The number of thiazole rings is 1. The van der Waals surface area contributed by atoms with Crippen molar-refractivity contribution in [2.45, 2.75) is 12.8 Å². The summed E-state index contributed by atoms with van der Waals surface area (Å²) < 4.78 is 10.7. The summed E-state index contributed by atoms with van der Waals surface area (Å²) in [6.45, 7) is 1.91. The van der Waals surface area contributed by atoms with Crippen LogP contribution in [0.25, 0.3) is 11.3 Å². The molecule has 142 valence electrons. The average molecular weight is 406 g/mol. The second kappa shape index (κ2) is 8.18. The number of aromatic nitrogens is 1. The maximum atomic E-state index is 12.1. The topological polar surface area (TPSA) is 80.8 Å². The van der Waals surface area contributed by atoms with Gasteiger partial charge >= 0.3 is 0 Å². The summed E-state index contributed by atoms with van der Waals surface area (Å²) in [6.07, 6.45) is 2.15. The van der Waals surface area contributed by atoms with Gasteiger partial charge in [-0.2, -0.15) is 0 Å². The molecule has 1 aromatic carbocycles. The third kappa shape index (κ3) is 4.36. The van der Waals surface area contributed by atoms with Crippen molar-refractivity contribution in [3.05, 3.63) is 23.6 Å². The van der Waals surface area contributed by atoms with Crippen LogP contribution < -0.4 is 14.8 Å².